The molecule has 0 unspecified atom stereocenters. The van der Waals surface area contributed by atoms with Crippen molar-refractivity contribution in [2.24, 2.45) is 5.10 Å². The van der Waals surface area contributed by atoms with Crippen molar-refractivity contribution in [3.63, 3.8) is 0 Å². The van der Waals surface area contributed by atoms with Crippen molar-refractivity contribution in [2.75, 3.05) is 120 Å². The van der Waals surface area contributed by atoms with Gasteiger partial charge in [-0.25, -0.2) is 4.79 Å². The first-order valence-electron chi connectivity index (χ1n) is 26.8. The number of amidine groups is 1. The monoisotopic (exact) mass is 1150 g/mol. The molecule has 4 aromatic carbocycles. The molecule has 436 valence electrons. The number of piperidine rings is 1. The van der Waals surface area contributed by atoms with Gasteiger partial charge in [0.2, 0.25) is 17.6 Å². The van der Waals surface area contributed by atoms with Crippen LogP contribution in [0.2, 0.25) is 10.0 Å². The number of rotatable bonds is 33. The molecule has 2 N–H and O–H groups in total. The standard InChI is InChI=1S/C58H75Cl2N5O15/c1-7-42(40-35-51(72-4)56(74-6)52(36-40)73-5)57(68)64-24-11-10-13-46(64)58(69)80-48(19-15-39-16-20-49(70-2)50(34-39)71-3)43-12-8-9-14-47(43)79-38-55(67)61-23-27-76-29-31-78-33-32-77-30-28-75-26-22-54(66)62-53-21-25-65(63-53)41-17-18-44(59)45(60)37-41/h8-9,12,14,16-18,20,34-37,42,46,48H,7,10-11,13,15,19,21-33,38H2,1-6H3,(H,61,67)(H,62,63,66)/t42-,46-,48-/m0/s1. The number of carbonyl (C=O) groups excluding carboxylic acids is 4. The van der Waals surface area contributed by atoms with Crippen LogP contribution in [0.4, 0.5) is 5.69 Å². The third-order valence-corrected chi connectivity index (χ3v) is 14.1. The van der Waals surface area contributed by atoms with Crippen molar-refractivity contribution in [2.45, 2.75) is 76.4 Å². The quantitative estimate of drug-likeness (QED) is 0.0341. The molecule has 1 saturated heterocycles. The predicted molar refractivity (Wildman–Crippen MR) is 302 cm³/mol. The van der Waals surface area contributed by atoms with Crippen LogP contribution in [-0.2, 0) is 49.3 Å². The van der Waals surface area contributed by atoms with Gasteiger partial charge in [-0.1, -0.05) is 54.4 Å². The molecule has 0 aromatic heterocycles. The lowest BCUT2D eigenvalue weighted by atomic mass is 9.91. The number of halogens is 2. The number of esters is 1. The molecule has 0 spiro atoms. The van der Waals surface area contributed by atoms with Crippen LogP contribution >= 0.6 is 23.2 Å². The predicted octanol–water partition coefficient (Wildman–Crippen LogP) is 8.12. The van der Waals surface area contributed by atoms with E-state index in [2.05, 4.69) is 15.7 Å². The van der Waals surface area contributed by atoms with Crippen LogP contribution in [0.5, 0.6) is 34.5 Å². The number of carbonyl (C=O) groups is 4. The van der Waals surface area contributed by atoms with E-state index in [0.29, 0.717) is 146 Å². The van der Waals surface area contributed by atoms with Gasteiger partial charge in [-0.15, -0.1) is 0 Å². The van der Waals surface area contributed by atoms with Crippen molar-refractivity contribution in [3.8, 4) is 34.5 Å². The highest BCUT2D eigenvalue weighted by molar-refractivity contribution is 6.42. The molecule has 3 amide bonds. The molecular formula is C58H75Cl2N5O15. The maximum Gasteiger partial charge on any atom is 0.329 e. The van der Waals surface area contributed by atoms with Crippen molar-refractivity contribution < 1.29 is 71.3 Å². The van der Waals surface area contributed by atoms with E-state index in [9.17, 15) is 19.2 Å². The third-order valence-electron chi connectivity index (χ3n) is 13.3. The van der Waals surface area contributed by atoms with E-state index in [1.165, 1.54) is 21.3 Å². The summed E-state index contributed by atoms with van der Waals surface area (Å²) >= 11 is 12.1. The topological polar surface area (TPSA) is 213 Å². The van der Waals surface area contributed by atoms with Crippen LogP contribution in [-0.4, -0.2) is 155 Å². The van der Waals surface area contributed by atoms with Gasteiger partial charge in [-0.3, -0.25) is 19.4 Å². The molecule has 22 heteroatoms. The number of ether oxygens (including phenoxy) is 11. The number of hydrazone groups is 1. The van der Waals surface area contributed by atoms with E-state index < -0.39 is 24.0 Å². The number of benzene rings is 4. The van der Waals surface area contributed by atoms with Gasteiger partial charge in [0.1, 0.15) is 23.7 Å². The molecule has 2 aliphatic rings. The Balaban J connectivity index is 0.921. The van der Waals surface area contributed by atoms with E-state index in [4.69, 9.17) is 75.3 Å². The Morgan fingerprint density at radius 2 is 1.36 bits per heavy atom. The van der Waals surface area contributed by atoms with Crippen molar-refractivity contribution >= 4 is 58.4 Å². The average Bonchev–Trinajstić information content (AvgIpc) is 3.98. The zero-order valence-electron chi connectivity index (χ0n) is 46.5. The summed E-state index contributed by atoms with van der Waals surface area (Å²) in [5, 5.41) is 12.8. The smallest absolute Gasteiger partial charge is 0.329 e. The molecule has 0 radical (unpaired) electrons. The highest BCUT2D eigenvalue weighted by Gasteiger charge is 2.38. The van der Waals surface area contributed by atoms with E-state index in [0.717, 1.165) is 24.1 Å². The minimum atomic E-state index is -0.842. The van der Waals surface area contributed by atoms with Crippen LogP contribution in [0.1, 0.15) is 80.6 Å². The van der Waals surface area contributed by atoms with Crippen LogP contribution in [0.15, 0.2) is 77.9 Å². The number of nitrogens with one attached hydrogen (secondary N) is 2. The van der Waals surface area contributed by atoms with Crippen molar-refractivity contribution in [1.29, 1.82) is 0 Å². The molecule has 2 aliphatic heterocycles. The van der Waals surface area contributed by atoms with Crippen molar-refractivity contribution in [3.05, 3.63) is 99.5 Å². The number of likely N-dealkylation sites (tertiary alicyclic amines) is 1. The lowest BCUT2D eigenvalue weighted by Gasteiger charge is -2.37. The van der Waals surface area contributed by atoms with E-state index in [1.807, 2.05) is 43.3 Å². The van der Waals surface area contributed by atoms with E-state index in [1.54, 1.807) is 60.5 Å². The number of hydrogen-bond acceptors (Lipinski definition) is 17. The molecule has 20 nitrogen and oxygen atoms in total. The highest BCUT2D eigenvalue weighted by atomic mass is 35.5. The second kappa shape index (κ2) is 33.3. The lowest BCUT2D eigenvalue weighted by molar-refractivity contribution is -0.162. The summed E-state index contributed by atoms with van der Waals surface area (Å²) < 4.78 is 62.7. The molecule has 0 aliphatic carbocycles. The fraction of sp³-hybridized carbons (Fsp3) is 0.500. The Morgan fingerprint density at radius 1 is 0.688 bits per heavy atom. The number of hydrogen-bond donors (Lipinski definition) is 2. The van der Waals surface area contributed by atoms with Crippen LogP contribution in [0.3, 0.4) is 0 Å². The number of nitrogens with zero attached hydrogens (tertiary/aromatic N) is 3. The SMILES string of the molecule is CC[C@H](C(=O)N1CCCC[C@H]1C(=O)O[C@@H](CCc1ccc(OC)c(OC)c1)c1ccccc1OCC(=O)NCCOCCOCCOCCOCCC(=O)NC1=NN(c2ccc(Cl)c(Cl)c2)CC1)c1cc(OC)c(OC)c(OC)c1. The molecule has 2 heterocycles. The van der Waals surface area contributed by atoms with Gasteiger partial charge in [0.05, 0.1) is 116 Å². The fourth-order valence-corrected chi connectivity index (χ4v) is 9.48. The molecule has 1 fully saturated rings. The maximum atomic E-state index is 14.6. The first kappa shape index (κ1) is 62.6. The summed E-state index contributed by atoms with van der Waals surface area (Å²) in [6, 6.07) is 20.7. The number of amides is 3. The van der Waals surface area contributed by atoms with Gasteiger partial charge >= 0.3 is 5.97 Å². The molecule has 0 saturated carbocycles. The van der Waals surface area contributed by atoms with Crippen LogP contribution in [0, 0.1) is 0 Å². The summed E-state index contributed by atoms with van der Waals surface area (Å²) in [6.45, 7) is 5.38. The molecule has 0 bridgehead atoms. The molecule has 80 heavy (non-hydrogen) atoms. The Morgan fingerprint density at radius 3 is 2.02 bits per heavy atom. The molecule has 3 atom stereocenters. The third kappa shape index (κ3) is 18.5. The summed E-state index contributed by atoms with van der Waals surface area (Å²) in [6.07, 6.45) is 3.11. The van der Waals surface area contributed by atoms with Crippen LogP contribution < -0.4 is 44.1 Å². The first-order chi connectivity index (χ1) is 38.9. The number of para-hydroxylation sites is 1. The van der Waals surface area contributed by atoms with Gasteiger partial charge in [-0.05, 0) is 98.2 Å². The summed E-state index contributed by atoms with van der Waals surface area (Å²) in [5.41, 5.74) is 2.95. The van der Waals surface area contributed by atoms with Gasteiger partial charge in [-0.2, -0.15) is 5.10 Å². The minimum Gasteiger partial charge on any atom is -0.493 e. The summed E-state index contributed by atoms with van der Waals surface area (Å²) in [5.74, 6) is 1.45. The highest BCUT2D eigenvalue weighted by Crippen LogP contribution is 2.42. The number of aryl methyl sites for hydroxylation is 1. The fourth-order valence-electron chi connectivity index (χ4n) is 9.19. The molecular weight excluding hydrogens is 1080 g/mol. The second-order valence-corrected chi connectivity index (χ2v) is 19.4. The van der Waals surface area contributed by atoms with E-state index >= 15 is 0 Å². The largest absolute Gasteiger partial charge is 0.493 e. The Labute approximate surface area is 478 Å². The zero-order valence-corrected chi connectivity index (χ0v) is 48.0. The van der Waals surface area contributed by atoms with Gasteiger partial charge in [0.25, 0.3) is 5.91 Å². The van der Waals surface area contributed by atoms with Crippen molar-refractivity contribution in [1.82, 2.24) is 15.5 Å². The Hall–Kier alpha value is -6.55. The zero-order chi connectivity index (χ0) is 57.2. The first-order valence-corrected chi connectivity index (χ1v) is 27.6. The Bertz CT molecular complexity index is 2650. The average molecular weight is 1150 g/mol. The van der Waals surface area contributed by atoms with Gasteiger partial charge in [0.15, 0.2) is 29.6 Å². The van der Waals surface area contributed by atoms with E-state index in [-0.39, 0.29) is 50.5 Å². The number of methoxy groups -OCH3 is 5. The second-order valence-electron chi connectivity index (χ2n) is 18.6. The molecule has 4 aromatic rings. The summed E-state index contributed by atoms with van der Waals surface area (Å²) in [7, 11) is 7.71. The lowest BCUT2D eigenvalue weighted by Crippen LogP contribution is -2.50. The normalized spacial score (nSPS) is 14.8. The molecule has 6 rings (SSSR count). The minimum absolute atomic E-state index is 0.182. The number of anilines is 1. The van der Waals surface area contributed by atoms with Gasteiger partial charge < -0.3 is 67.6 Å². The Kier molecular flexibility index (Phi) is 26.0. The van der Waals surface area contributed by atoms with Crippen LogP contribution in [0.25, 0.3) is 0 Å². The van der Waals surface area contributed by atoms with Gasteiger partial charge in [0, 0.05) is 31.6 Å². The summed E-state index contributed by atoms with van der Waals surface area (Å²) in [4.78, 5) is 56.2. The maximum absolute atomic E-state index is 14.6.